The number of nitrogens with zero attached hydrogens (tertiary/aromatic N) is 1. The number of hydrogen-bond donors (Lipinski definition) is 1. The Bertz CT molecular complexity index is 1020. The second kappa shape index (κ2) is 11.0. The number of hydrogen-bond acceptors (Lipinski definition) is 4. The highest BCUT2D eigenvalue weighted by atomic mass is 16.6. The number of ether oxygens (including phenoxy) is 1. The topological polar surface area (TPSA) is 75.3 Å². The molecule has 160 valence electrons. The summed E-state index contributed by atoms with van der Waals surface area (Å²) >= 11 is 0. The minimum absolute atomic E-state index is 0.104. The molecule has 1 atom stereocenters. The molecule has 0 saturated heterocycles. The predicted molar refractivity (Wildman–Crippen MR) is 123 cm³/mol. The van der Waals surface area contributed by atoms with Crippen LogP contribution in [0.5, 0.6) is 0 Å². The molecule has 0 spiro atoms. The van der Waals surface area contributed by atoms with Crippen LogP contribution in [0.1, 0.15) is 45.1 Å². The lowest BCUT2D eigenvalue weighted by atomic mass is 9.98. The van der Waals surface area contributed by atoms with Crippen molar-refractivity contribution in [1.82, 2.24) is 0 Å². The normalized spacial score (nSPS) is 11.5. The lowest BCUT2D eigenvalue weighted by molar-refractivity contribution is 0.135. The maximum absolute atomic E-state index is 12.5. The van der Waals surface area contributed by atoms with Gasteiger partial charge in [0.2, 0.25) is 5.88 Å². The molecule has 1 aromatic heterocycles. The summed E-state index contributed by atoms with van der Waals surface area (Å²) in [7, 11) is 0. The molecule has 2 aromatic carbocycles. The fourth-order valence-corrected chi connectivity index (χ4v) is 3.52. The number of furan rings is 1. The van der Waals surface area contributed by atoms with E-state index >= 15 is 0 Å². The third-order valence-electron chi connectivity index (χ3n) is 5.33. The van der Waals surface area contributed by atoms with Crippen LogP contribution < -0.4 is 5.32 Å². The van der Waals surface area contributed by atoms with E-state index in [9.17, 15) is 10.1 Å². The highest BCUT2D eigenvalue weighted by molar-refractivity contribution is 5.93. The molecule has 3 rings (SSSR count). The molecule has 0 radical (unpaired) electrons. The Morgan fingerprint density at radius 1 is 1.06 bits per heavy atom. The van der Waals surface area contributed by atoms with E-state index in [1.807, 2.05) is 60.7 Å². The van der Waals surface area contributed by atoms with Crippen molar-refractivity contribution in [3.8, 4) is 28.5 Å². The van der Waals surface area contributed by atoms with Crippen molar-refractivity contribution in [2.45, 2.75) is 39.5 Å². The summed E-state index contributed by atoms with van der Waals surface area (Å²) in [4.78, 5) is 12.5. The number of nitrogens with one attached hydrogen (secondary N) is 1. The van der Waals surface area contributed by atoms with Gasteiger partial charge >= 0.3 is 6.09 Å². The van der Waals surface area contributed by atoms with Gasteiger partial charge in [0.15, 0.2) is 0 Å². The molecule has 0 aliphatic heterocycles. The Morgan fingerprint density at radius 2 is 1.71 bits per heavy atom. The van der Waals surface area contributed by atoms with Crippen molar-refractivity contribution >= 4 is 12.0 Å². The zero-order valence-corrected chi connectivity index (χ0v) is 18.1. The van der Waals surface area contributed by atoms with Gasteiger partial charge < -0.3 is 9.15 Å². The maximum atomic E-state index is 12.5. The molecule has 1 N–H and O–H groups in total. The molecule has 1 amide bonds. The van der Waals surface area contributed by atoms with Crippen LogP contribution in [0.4, 0.5) is 10.7 Å². The van der Waals surface area contributed by atoms with Gasteiger partial charge in [-0.2, -0.15) is 5.26 Å². The first-order chi connectivity index (χ1) is 15.2. The first kappa shape index (κ1) is 22.2. The van der Waals surface area contributed by atoms with Crippen LogP contribution in [-0.4, -0.2) is 12.7 Å². The number of unbranched alkanes of at least 4 members (excludes halogenated alkanes) is 1. The number of amides is 1. The molecule has 0 aliphatic rings. The number of anilines is 1. The smallest absolute Gasteiger partial charge is 0.414 e. The van der Waals surface area contributed by atoms with Crippen LogP contribution in [0.15, 0.2) is 65.1 Å². The first-order valence-corrected chi connectivity index (χ1v) is 10.8. The largest absolute Gasteiger partial charge is 0.449 e. The van der Waals surface area contributed by atoms with Gasteiger partial charge in [-0.15, -0.1) is 0 Å². The summed E-state index contributed by atoms with van der Waals surface area (Å²) in [6.45, 7) is 4.59. The molecular weight excluding hydrogens is 388 g/mol. The van der Waals surface area contributed by atoms with E-state index in [1.54, 1.807) is 0 Å². The van der Waals surface area contributed by atoms with Crippen LogP contribution in [0.25, 0.3) is 22.5 Å². The summed E-state index contributed by atoms with van der Waals surface area (Å²) in [6.07, 6.45) is 3.60. The van der Waals surface area contributed by atoms with Gasteiger partial charge in [0.25, 0.3) is 0 Å². The molecule has 1 unspecified atom stereocenters. The summed E-state index contributed by atoms with van der Waals surface area (Å²) < 4.78 is 11.4. The Morgan fingerprint density at radius 3 is 2.29 bits per heavy atom. The van der Waals surface area contributed by atoms with Crippen molar-refractivity contribution in [3.63, 3.8) is 0 Å². The molecule has 3 aromatic rings. The zero-order valence-electron chi connectivity index (χ0n) is 18.1. The number of rotatable bonds is 9. The van der Waals surface area contributed by atoms with Crippen LogP contribution in [0, 0.1) is 17.2 Å². The predicted octanol–water partition coefficient (Wildman–Crippen LogP) is 7.25. The molecule has 5 nitrogen and oxygen atoms in total. The highest BCUT2D eigenvalue weighted by Crippen LogP contribution is 2.41. The lowest BCUT2D eigenvalue weighted by Crippen LogP contribution is -2.18. The molecule has 0 aliphatic carbocycles. The molecule has 5 heteroatoms. The van der Waals surface area contributed by atoms with E-state index in [4.69, 9.17) is 9.15 Å². The number of carbonyl (C=O) groups excluding carboxylic acids is 1. The van der Waals surface area contributed by atoms with Crippen LogP contribution in [-0.2, 0) is 4.74 Å². The van der Waals surface area contributed by atoms with E-state index in [1.165, 1.54) is 0 Å². The quantitative estimate of drug-likeness (QED) is 0.398. The monoisotopic (exact) mass is 416 g/mol. The van der Waals surface area contributed by atoms with E-state index in [0.717, 1.165) is 36.8 Å². The number of nitriles is 1. The fourth-order valence-electron chi connectivity index (χ4n) is 3.52. The number of benzene rings is 2. The van der Waals surface area contributed by atoms with Gasteiger partial charge in [-0.3, -0.25) is 5.32 Å². The molecule has 0 saturated carbocycles. The zero-order chi connectivity index (χ0) is 22.1. The van der Waals surface area contributed by atoms with Crippen molar-refractivity contribution < 1.29 is 13.9 Å². The Balaban J connectivity index is 1.88. The SMILES string of the molecule is CCCCC(CC)COC(=O)Nc1oc(-c2ccccc2)c(-c2ccccc2)c1C#N. The Kier molecular flexibility index (Phi) is 7.89. The summed E-state index contributed by atoms with van der Waals surface area (Å²) in [5.74, 6) is 0.970. The van der Waals surface area contributed by atoms with Crippen molar-refractivity contribution in [2.24, 2.45) is 5.92 Å². The van der Waals surface area contributed by atoms with Crippen LogP contribution >= 0.6 is 0 Å². The molecule has 1 heterocycles. The standard InChI is InChI=1S/C26H28N2O3/c1-3-5-12-19(4-2)18-30-26(29)28-25-22(17-27)23(20-13-8-6-9-14-20)24(31-25)21-15-10-7-11-16-21/h6-11,13-16,19H,3-5,12,18H2,1-2H3,(H,28,29). The van der Waals surface area contributed by atoms with Gasteiger partial charge in [-0.25, -0.2) is 4.79 Å². The van der Waals surface area contributed by atoms with Gasteiger partial charge in [0, 0.05) is 11.1 Å². The fraction of sp³-hybridized carbons (Fsp3) is 0.308. The number of carbonyl (C=O) groups is 1. The van der Waals surface area contributed by atoms with Gasteiger partial charge in [-0.1, -0.05) is 93.8 Å². The first-order valence-electron chi connectivity index (χ1n) is 10.8. The third-order valence-corrected chi connectivity index (χ3v) is 5.33. The van der Waals surface area contributed by atoms with E-state index < -0.39 is 6.09 Å². The van der Waals surface area contributed by atoms with Crippen molar-refractivity contribution in [2.75, 3.05) is 11.9 Å². The van der Waals surface area contributed by atoms with Crippen molar-refractivity contribution in [3.05, 3.63) is 66.2 Å². The minimum Gasteiger partial charge on any atom is -0.449 e. The lowest BCUT2D eigenvalue weighted by Gasteiger charge is -2.14. The maximum Gasteiger partial charge on any atom is 0.414 e. The summed E-state index contributed by atoms with van der Waals surface area (Å²) in [5.41, 5.74) is 2.59. The van der Waals surface area contributed by atoms with E-state index in [2.05, 4.69) is 25.2 Å². The average Bonchev–Trinajstić information content (AvgIpc) is 3.18. The summed E-state index contributed by atoms with van der Waals surface area (Å²) in [5, 5.41) is 12.5. The van der Waals surface area contributed by atoms with Crippen LogP contribution in [0.3, 0.4) is 0 Å². The summed E-state index contributed by atoms with van der Waals surface area (Å²) in [6, 6.07) is 21.3. The highest BCUT2D eigenvalue weighted by Gasteiger charge is 2.24. The molecule has 0 fully saturated rings. The third kappa shape index (κ3) is 5.55. The van der Waals surface area contributed by atoms with Gasteiger partial charge in [-0.05, 0) is 17.9 Å². The Hall–Kier alpha value is -3.52. The van der Waals surface area contributed by atoms with Gasteiger partial charge in [0.1, 0.15) is 17.4 Å². The molecule has 0 bridgehead atoms. The average molecular weight is 417 g/mol. The van der Waals surface area contributed by atoms with E-state index in [-0.39, 0.29) is 11.4 Å². The van der Waals surface area contributed by atoms with Crippen molar-refractivity contribution in [1.29, 1.82) is 5.26 Å². The van der Waals surface area contributed by atoms with E-state index in [0.29, 0.717) is 23.8 Å². The Labute approximate surface area is 183 Å². The molecule has 31 heavy (non-hydrogen) atoms. The van der Waals surface area contributed by atoms with Crippen LogP contribution in [0.2, 0.25) is 0 Å². The van der Waals surface area contributed by atoms with Gasteiger partial charge in [0.05, 0.1) is 6.61 Å². The minimum atomic E-state index is -0.612. The second-order valence-electron chi connectivity index (χ2n) is 7.49. The second-order valence-corrected chi connectivity index (χ2v) is 7.49. The molecular formula is C26H28N2O3.